The average Bonchev–Trinajstić information content (AvgIpc) is 2.82. The van der Waals surface area contributed by atoms with Crippen LogP contribution in [0.25, 0.3) is 0 Å². The maximum absolute atomic E-state index is 12.4. The highest BCUT2D eigenvalue weighted by molar-refractivity contribution is 7.89. The van der Waals surface area contributed by atoms with Crippen LogP contribution < -0.4 is 5.32 Å². The van der Waals surface area contributed by atoms with Crippen molar-refractivity contribution >= 4 is 21.4 Å². The molecule has 0 saturated heterocycles. The van der Waals surface area contributed by atoms with Crippen molar-refractivity contribution in [3.05, 3.63) is 16.3 Å². The van der Waals surface area contributed by atoms with Crippen LogP contribution in [0.15, 0.2) is 16.3 Å². The van der Waals surface area contributed by atoms with E-state index in [1.807, 2.05) is 19.0 Å². The van der Waals surface area contributed by atoms with Crippen molar-refractivity contribution in [1.29, 1.82) is 0 Å². The second-order valence-electron chi connectivity index (χ2n) is 5.41. The molecule has 1 aromatic rings. The lowest BCUT2D eigenvalue weighted by Crippen LogP contribution is -2.33. The first-order valence-corrected chi connectivity index (χ1v) is 8.97. The molecular formula is C13H25N3O2S2. The highest BCUT2D eigenvalue weighted by Crippen LogP contribution is 2.22. The topological polar surface area (TPSA) is 52.7 Å². The standard InChI is InChI=1S/C13H25N3O2S2/c1-11(2)14-9-12-8-13(10-19-12)20(17,18)16(5)7-6-15(3)4/h8,10-11,14H,6-7,9H2,1-5H3. The molecule has 0 aliphatic rings. The van der Waals surface area contributed by atoms with Gasteiger partial charge in [0.1, 0.15) is 0 Å². The quantitative estimate of drug-likeness (QED) is 0.787. The van der Waals surface area contributed by atoms with Gasteiger partial charge in [-0.25, -0.2) is 8.42 Å². The molecule has 1 aromatic heterocycles. The molecule has 0 saturated carbocycles. The van der Waals surface area contributed by atoms with Crippen molar-refractivity contribution in [3.8, 4) is 0 Å². The van der Waals surface area contributed by atoms with Crippen molar-refractivity contribution in [2.75, 3.05) is 34.2 Å². The monoisotopic (exact) mass is 319 g/mol. The highest BCUT2D eigenvalue weighted by Gasteiger charge is 2.22. The number of likely N-dealkylation sites (N-methyl/N-ethyl adjacent to an activating group) is 2. The zero-order chi connectivity index (χ0) is 15.3. The van der Waals surface area contributed by atoms with Gasteiger partial charge in [0, 0.05) is 43.0 Å². The van der Waals surface area contributed by atoms with Gasteiger partial charge >= 0.3 is 0 Å². The van der Waals surface area contributed by atoms with Gasteiger partial charge in [-0.3, -0.25) is 0 Å². The molecule has 0 bridgehead atoms. The molecule has 0 aliphatic carbocycles. The van der Waals surface area contributed by atoms with Crippen molar-refractivity contribution < 1.29 is 8.42 Å². The zero-order valence-electron chi connectivity index (χ0n) is 12.9. The molecule has 0 atom stereocenters. The Balaban J connectivity index is 2.72. The fourth-order valence-corrected chi connectivity index (χ4v) is 3.91. The van der Waals surface area contributed by atoms with Crippen LogP contribution in [0.4, 0.5) is 0 Å². The summed E-state index contributed by atoms with van der Waals surface area (Å²) in [5.41, 5.74) is 0. The lowest BCUT2D eigenvalue weighted by Gasteiger charge is -2.18. The first-order valence-electron chi connectivity index (χ1n) is 6.65. The van der Waals surface area contributed by atoms with Crippen LogP contribution in [0, 0.1) is 0 Å². The molecule has 1 heterocycles. The Kier molecular flexibility index (Phi) is 6.60. The van der Waals surface area contributed by atoms with Crippen LogP contribution in [0.3, 0.4) is 0 Å². The number of rotatable bonds is 8. The smallest absolute Gasteiger partial charge is 0.243 e. The van der Waals surface area contributed by atoms with Gasteiger partial charge in [0.2, 0.25) is 10.0 Å². The lowest BCUT2D eigenvalue weighted by molar-refractivity contribution is 0.358. The van der Waals surface area contributed by atoms with E-state index in [0.29, 0.717) is 30.6 Å². The molecule has 0 aliphatic heterocycles. The van der Waals surface area contributed by atoms with Gasteiger partial charge in [-0.2, -0.15) is 4.31 Å². The Morgan fingerprint density at radius 2 is 1.90 bits per heavy atom. The Morgan fingerprint density at radius 1 is 1.25 bits per heavy atom. The van der Waals surface area contributed by atoms with E-state index in [2.05, 4.69) is 19.2 Å². The van der Waals surface area contributed by atoms with Crippen molar-refractivity contribution in [2.24, 2.45) is 0 Å². The molecule has 20 heavy (non-hydrogen) atoms. The summed E-state index contributed by atoms with van der Waals surface area (Å²) in [5, 5.41) is 5.01. The molecule has 1 N–H and O–H groups in total. The summed E-state index contributed by atoms with van der Waals surface area (Å²) in [7, 11) is 2.13. The van der Waals surface area contributed by atoms with Crippen LogP contribution in [-0.2, 0) is 16.6 Å². The second-order valence-corrected chi connectivity index (χ2v) is 8.45. The third kappa shape index (κ3) is 5.14. The Hall–Kier alpha value is -0.470. The first-order chi connectivity index (χ1) is 9.23. The van der Waals surface area contributed by atoms with Crippen LogP contribution in [0.1, 0.15) is 18.7 Å². The van der Waals surface area contributed by atoms with Gasteiger partial charge < -0.3 is 10.2 Å². The van der Waals surface area contributed by atoms with E-state index >= 15 is 0 Å². The van der Waals surface area contributed by atoms with Gasteiger partial charge in [0.15, 0.2) is 0 Å². The van der Waals surface area contributed by atoms with Gasteiger partial charge in [-0.1, -0.05) is 13.8 Å². The first kappa shape index (κ1) is 17.6. The minimum absolute atomic E-state index is 0.389. The minimum Gasteiger partial charge on any atom is -0.310 e. The molecule has 0 radical (unpaired) electrons. The molecule has 116 valence electrons. The SMILES string of the molecule is CC(C)NCc1cc(S(=O)(=O)N(C)CCN(C)C)cs1. The van der Waals surface area contributed by atoms with E-state index in [1.165, 1.54) is 15.6 Å². The fraction of sp³-hybridized carbons (Fsp3) is 0.692. The predicted octanol–water partition coefficient (Wildman–Crippen LogP) is 1.43. The van der Waals surface area contributed by atoms with Crippen LogP contribution in [0.2, 0.25) is 0 Å². The second kappa shape index (κ2) is 7.51. The predicted molar refractivity (Wildman–Crippen MR) is 84.7 cm³/mol. The summed E-state index contributed by atoms with van der Waals surface area (Å²) >= 11 is 1.48. The molecule has 1 rings (SSSR count). The van der Waals surface area contributed by atoms with Gasteiger partial charge in [0.25, 0.3) is 0 Å². The van der Waals surface area contributed by atoms with Crippen molar-refractivity contribution in [1.82, 2.24) is 14.5 Å². The molecular weight excluding hydrogens is 294 g/mol. The third-order valence-corrected chi connectivity index (χ3v) is 5.81. The van der Waals surface area contributed by atoms with Crippen LogP contribution in [0.5, 0.6) is 0 Å². The Morgan fingerprint density at radius 3 is 2.45 bits per heavy atom. The molecule has 0 aromatic carbocycles. The number of nitrogens with zero attached hydrogens (tertiary/aromatic N) is 2. The average molecular weight is 319 g/mol. The molecule has 7 heteroatoms. The molecule has 5 nitrogen and oxygen atoms in total. The number of hydrogen-bond donors (Lipinski definition) is 1. The number of thiophene rings is 1. The van der Waals surface area contributed by atoms with Gasteiger partial charge in [-0.05, 0) is 20.2 Å². The zero-order valence-corrected chi connectivity index (χ0v) is 14.5. The normalized spacial score (nSPS) is 12.8. The summed E-state index contributed by atoms with van der Waals surface area (Å²) in [6.07, 6.45) is 0. The van der Waals surface area contributed by atoms with E-state index in [4.69, 9.17) is 0 Å². The van der Waals surface area contributed by atoms with E-state index < -0.39 is 10.0 Å². The maximum atomic E-state index is 12.4. The van der Waals surface area contributed by atoms with E-state index in [1.54, 1.807) is 18.5 Å². The number of hydrogen-bond acceptors (Lipinski definition) is 5. The molecule has 0 fully saturated rings. The number of nitrogens with one attached hydrogen (secondary N) is 1. The van der Waals surface area contributed by atoms with E-state index in [0.717, 1.165) is 4.88 Å². The summed E-state index contributed by atoms with van der Waals surface area (Å²) in [6.45, 7) is 6.05. The van der Waals surface area contributed by atoms with Gasteiger partial charge in [0.05, 0.1) is 4.90 Å². The third-order valence-electron chi connectivity index (χ3n) is 2.88. The minimum atomic E-state index is -3.36. The van der Waals surface area contributed by atoms with Crippen LogP contribution >= 0.6 is 11.3 Å². The number of sulfonamides is 1. The summed E-state index contributed by atoms with van der Waals surface area (Å²) < 4.78 is 26.2. The summed E-state index contributed by atoms with van der Waals surface area (Å²) in [5.74, 6) is 0. The van der Waals surface area contributed by atoms with Crippen molar-refractivity contribution in [3.63, 3.8) is 0 Å². The maximum Gasteiger partial charge on any atom is 0.243 e. The van der Waals surface area contributed by atoms with Crippen molar-refractivity contribution in [2.45, 2.75) is 31.3 Å². The molecule has 0 unspecified atom stereocenters. The largest absolute Gasteiger partial charge is 0.310 e. The molecule has 0 spiro atoms. The summed E-state index contributed by atoms with van der Waals surface area (Å²) in [4.78, 5) is 3.40. The Bertz CT molecular complexity index is 509. The van der Waals surface area contributed by atoms with Gasteiger partial charge in [-0.15, -0.1) is 11.3 Å². The van der Waals surface area contributed by atoms with E-state index in [-0.39, 0.29) is 0 Å². The molecule has 0 amide bonds. The fourth-order valence-electron chi connectivity index (χ4n) is 1.53. The summed E-state index contributed by atoms with van der Waals surface area (Å²) in [6, 6.07) is 2.15. The van der Waals surface area contributed by atoms with E-state index in [9.17, 15) is 8.42 Å². The lowest BCUT2D eigenvalue weighted by atomic mass is 10.4. The van der Waals surface area contributed by atoms with Crippen LogP contribution in [-0.4, -0.2) is 57.9 Å². The highest BCUT2D eigenvalue weighted by atomic mass is 32.2. The Labute approximate surface area is 126 Å².